The smallest absolute Gasteiger partial charge is 0.237 e. The highest BCUT2D eigenvalue weighted by Gasteiger charge is 2.38. The quantitative estimate of drug-likeness (QED) is 0.133. The third-order valence-corrected chi connectivity index (χ3v) is 32.0. The van der Waals surface area contributed by atoms with Crippen LogP contribution in [-0.2, 0) is 5.41 Å². The van der Waals surface area contributed by atoms with Gasteiger partial charge in [-0.2, -0.15) is 4.98 Å². The Balaban J connectivity index is 0.000000104. The molecule has 21 aromatic carbocycles. The molecular formula is C137H85N11S. The first-order valence-electron chi connectivity index (χ1n) is 50.7. The molecule has 0 N–H and O–H groups in total. The maximum atomic E-state index is 5.59. The van der Waals surface area contributed by atoms with Crippen LogP contribution in [0.4, 0.5) is 0 Å². The summed E-state index contributed by atoms with van der Waals surface area (Å²) < 4.78 is 9.27. The van der Waals surface area contributed by atoms with Gasteiger partial charge in [-0.3, -0.25) is 18.7 Å². The Labute approximate surface area is 859 Å². The fourth-order valence-corrected chi connectivity index (χ4v) is 25.2. The zero-order valence-corrected chi connectivity index (χ0v) is 81.8. The van der Waals surface area contributed by atoms with Crippen LogP contribution in [0.1, 0.15) is 25.0 Å². The molecule has 0 aliphatic heterocycles. The number of hydrogen-bond donors (Lipinski definition) is 0. The molecule has 12 heteroatoms. The molecule has 0 amide bonds. The van der Waals surface area contributed by atoms with Gasteiger partial charge in [0.25, 0.3) is 0 Å². The highest BCUT2D eigenvalue weighted by Crippen LogP contribution is 2.56. The van der Waals surface area contributed by atoms with Gasteiger partial charge in [-0.25, -0.2) is 29.9 Å². The van der Waals surface area contributed by atoms with Gasteiger partial charge in [-0.1, -0.05) is 372 Å². The van der Waals surface area contributed by atoms with Gasteiger partial charge in [0.2, 0.25) is 17.8 Å². The number of rotatable bonds is 10. The van der Waals surface area contributed by atoms with Gasteiger partial charge in [-0.05, 0) is 241 Å². The molecular weight excluding hydrogens is 1830 g/mol. The molecule has 11 nitrogen and oxygen atoms in total. The van der Waals surface area contributed by atoms with Crippen molar-refractivity contribution in [1.29, 1.82) is 0 Å². The molecule has 0 atom stereocenters. The maximum absolute atomic E-state index is 5.59. The van der Waals surface area contributed by atoms with E-state index in [1.54, 1.807) is 12.4 Å². The number of benzene rings is 21. The van der Waals surface area contributed by atoms with Gasteiger partial charge in [0.1, 0.15) is 11.2 Å². The zero-order valence-electron chi connectivity index (χ0n) is 80.9. The minimum absolute atomic E-state index is 0.110. The second kappa shape index (κ2) is 33.9. The minimum Gasteiger partial charge on any atom is -0.278 e. The number of thiophene rings is 1. The average molecular weight is 1920 g/mol. The molecule has 0 bridgehead atoms. The molecule has 0 spiro atoms. The van der Waals surface area contributed by atoms with Crippen LogP contribution < -0.4 is 0 Å². The molecule has 9 aromatic heterocycles. The van der Waals surface area contributed by atoms with E-state index < -0.39 is 0 Å². The third kappa shape index (κ3) is 13.6. The molecule has 694 valence electrons. The first-order valence-corrected chi connectivity index (χ1v) is 51.5. The predicted octanol–water partition coefficient (Wildman–Crippen LogP) is 35.6. The monoisotopic (exact) mass is 1920 g/mol. The lowest BCUT2D eigenvalue weighted by Gasteiger charge is -2.24. The summed E-state index contributed by atoms with van der Waals surface area (Å²) >= 11 is 1.84. The third-order valence-electron chi connectivity index (χ3n) is 30.8. The molecule has 0 radical (unpaired) electrons. The van der Waals surface area contributed by atoms with Crippen molar-refractivity contribution in [2.24, 2.45) is 0 Å². The second-order valence-corrected chi connectivity index (χ2v) is 40.6. The number of fused-ring (bicyclic) bond motifs is 24. The van der Waals surface area contributed by atoms with Crippen LogP contribution in [0.15, 0.2) is 480 Å². The van der Waals surface area contributed by atoms with E-state index in [2.05, 4.69) is 445 Å². The summed E-state index contributed by atoms with van der Waals surface area (Å²) in [5, 5.41) is 21.3. The molecule has 32 rings (SSSR count). The zero-order chi connectivity index (χ0) is 98.2. The molecule has 2 aliphatic carbocycles. The van der Waals surface area contributed by atoms with E-state index in [0.29, 0.717) is 23.5 Å². The van der Waals surface area contributed by atoms with Crippen molar-refractivity contribution in [1.82, 2.24) is 53.6 Å². The van der Waals surface area contributed by atoms with Crippen LogP contribution in [0.5, 0.6) is 0 Å². The summed E-state index contributed by atoms with van der Waals surface area (Å²) in [6, 6.07) is 167. The Kier molecular flexibility index (Phi) is 19.4. The molecule has 2 aliphatic rings. The number of nitrogens with zero attached hydrogens (tertiary/aromatic N) is 11. The Morgan fingerprint density at radius 1 is 0.208 bits per heavy atom. The van der Waals surface area contributed by atoms with Crippen LogP contribution in [-0.4, -0.2) is 53.6 Å². The lowest BCUT2D eigenvalue weighted by atomic mass is 9.79. The van der Waals surface area contributed by atoms with Crippen molar-refractivity contribution in [2.45, 2.75) is 19.3 Å². The largest absolute Gasteiger partial charge is 0.278 e. The summed E-state index contributed by atoms with van der Waals surface area (Å²) in [5.41, 5.74) is 35.7. The van der Waals surface area contributed by atoms with Crippen LogP contribution in [0.25, 0.3) is 291 Å². The minimum atomic E-state index is -0.110. The first kappa shape index (κ1) is 85.2. The Hall–Kier alpha value is -19.4. The lowest BCUT2D eigenvalue weighted by molar-refractivity contribution is 0.662. The molecule has 0 saturated carbocycles. The van der Waals surface area contributed by atoms with Gasteiger partial charge in [0.05, 0.1) is 55.5 Å². The van der Waals surface area contributed by atoms with Crippen molar-refractivity contribution in [3.8, 4) is 130 Å². The van der Waals surface area contributed by atoms with Crippen molar-refractivity contribution < 1.29 is 0 Å². The maximum Gasteiger partial charge on any atom is 0.237 e. The van der Waals surface area contributed by atoms with Crippen molar-refractivity contribution in [3.63, 3.8) is 0 Å². The highest BCUT2D eigenvalue weighted by molar-refractivity contribution is 7.26. The first-order chi connectivity index (χ1) is 73.6. The van der Waals surface area contributed by atoms with Crippen molar-refractivity contribution >= 4 is 173 Å². The summed E-state index contributed by atoms with van der Waals surface area (Å²) in [5.74, 6) is 1.91. The van der Waals surface area contributed by atoms with E-state index in [1.165, 1.54) is 179 Å². The van der Waals surface area contributed by atoms with Crippen LogP contribution in [0.2, 0.25) is 0 Å². The van der Waals surface area contributed by atoms with Crippen LogP contribution >= 0.6 is 11.3 Å². The fraction of sp³-hybridized carbons (Fsp3) is 0.0219. The van der Waals surface area contributed by atoms with E-state index in [4.69, 9.17) is 34.9 Å². The number of pyridine rings is 2. The van der Waals surface area contributed by atoms with Crippen LogP contribution in [0, 0.1) is 0 Å². The number of hydrogen-bond acceptors (Lipinski definition) is 9. The molecule has 0 saturated heterocycles. The average Bonchev–Trinajstić information content (AvgIpc) is 1.56. The molecule has 30 aromatic rings. The summed E-state index contributed by atoms with van der Waals surface area (Å²) in [6.07, 6.45) is 3.61. The molecule has 149 heavy (non-hydrogen) atoms. The van der Waals surface area contributed by atoms with Crippen LogP contribution in [0.3, 0.4) is 0 Å². The fourth-order valence-electron chi connectivity index (χ4n) is 24.1. The Morgan fingerprint density at radius 2 is 0.631 bits per heavy atom. The van der Waals surface area contributed by atoms with Gasteiger partial charge in [0, 0.05) is 97.8 Å². The summed E-state index contributed by atoms with van der Waals surface area (Å²) in [6.45, 7) is 4.71. The van der Waals surface area contributed by atoms with E-state index in [0.717, 1.165) is 99.6 Å². The number of aromatic nitrogens is 11. The van der Waals surface area contributed by atoms with E-state index in [9.17, 15) is 0 Å². The summed E-state index contributed by atoms with van der Waals surface area (Å²) in [4.78, 5) is 41.0. The topological polar surface area (TPSA) is 118 Å². The van der Waals surface area contributed by atoms with E-state index >= 15 is 0 Å². The van der Waals surface area contributed by atoms with E-state index in [-0.39, 0.29) is 5.41 Å². The lowest BCUT2D eigenvalue weighted by Crippen LogP contribution is -2.16. The van der Waals surface area contributed by atoms with Gasteiger partial charge in [-0.15, -0.1) is 11.3 Å². The molecule has 9 heterocycles. The second-order valence-electron chi connectivity index (χ2n) is 39.5. The Morgan fingerprint density at radius 3 is 1.32 bits per heavy atom. The van der Waals surface area contributed by atoms with Gasteiger partial charge in [0.15, 0.2) is 5.65 Å². The normalized spacial score (nSPS) is 12.4. The molecule has 0 unspecified atom stereocenters. The highest BCUT2D eigenvalue weighted by atomic mass is 32.1. The van der Waals surface area contributed by atoms with Crippen molar-refractivity contribution in [2.75, 3.05) is 0 Å². The molecule has 0 fully saturated rings. The standard InChI is InChI=1S/C52H29N3S.C44H30N4.C41H26N4/c1-2-13-31-29-45-42(28-30(31)12-1)49-37(34-26-27-38-33-15-4-3-14-32(33)35-18-9-19-36(34)48(35)38)20-10-23-44(49)55(45)52-53-43-22-7-5-16-39(43)51(54-52)41-21-11-25-47-50(41)40-17-6-8-24-46(40)56-47;1-44(2)37-20-9-8-16-32(37)33-18-10-17-31(40(33)44)30-21-22-38-35(25-30)36-24-28-14-6-7-15-29(28)26-39(36)48(38)43-46-41(27-12-4-3-5-13-27)34-19-11-23-45-42(34)47-43;1-3-10-27(11-4-1)28-17-19-29(20-18-28)33-21-22-37-34(25-33)35-24-31-14-7-8-15-32(31)26-38(35)45(37)41-43-36-16-9-23-42-40(36)39(44-41)30-12-5-2-6-13-30/h1-29H;3-26H,1-2H3;1-26H. The Bertz CT molecular complexity index is 10800. The van der Waals surface area contributed by atoms with Gasteiger partial charge < -0.3 is 0 Å². The van der Waals surface area contributed by atoms with E-state index in [1.807, 2.05) is 65.9 Å². The number of para-hydroxylation sites is 1. The van der Waals surface area contributed by atoms with Gasteiger partial charge >= 0.3 is 0 Å². The summed E-state index contributed by atoms with van der Waals surface area (Å²) in [7, 11) is 0. The predicted molar refractivity (Wildman–Crippen MR) is 620 cm³/mol. The SMILES string of the molecule is CC1(C)c2ccccc2-c2cccc(-c3ccc4c(c3)c3cc5ccccc5cc3n4-c3nc(-c4ccccc4)c4cccnc4n3)c21.c1ccc(-c2ccc(-c3ccc4c(c3)c3cc5ccccc5cc3n4-c3nc(-c4ccccc4)c4ncccc4n3)cc2)cc1.c1ccc2c(c1)-c1cccc3c(-c4cccc5c4c4cc6ccccc6cc4n5-c4nc(-c5cccc6sc7ccccc7c56)c5ccccc5n4)ccc-2c13. The van der Waals surface area contributed by atoms with Crippen molar-refractivity contribution in [3.05, 3.63) is 491 Å².